The van der Waals surface area contributed by atoms with Crippen molar-refractivity contribution in [2.75, 3.05) is 30.8 Å². The second kappa shape index (κ2) is 14.5. The third-order valence-electron chi connectivity index (χ3n) is 6.97. The van der Waals surface area contributed by atoms with Crippen LogP contribution in [0.2, 0.25) is 0 Å². The number of amides is 2. The summed E-state index contributed by atoms with van der Waals surface area (Å²) in [5.41, 5.74) is 8.69. The summed E-state index contributed by atoms with van der Waals surface area (Å²) in [6, 6.07) is 14.8. The van der Waals surface area contributed by atoms with Gasteiger partial charge in [0.1, 0.15) is 0 Å². The van der Waals surface area contributed by atoms with E-state index in [0.717, 1.165) is 16.5 Å². The van der Waals surface area contributed by atoms with Crippen LogP contribution in [0.4, 0.5) is 11.4 Å². The minimum atomic E-state index is -0.655. The first kappa shape index (κ1) is 29.8. The average Bonchev–Trinajstić information content (AvgIpc) is 3.36. The van der Waals surface area contributed by atoms with Crippen LogP contribution in [0.25, 0.3) is 10.9 Å². The van der Waals surface area contributed by atoms with Gasteiger partial charge in [0.15, 0.2) is 5.76 Å². The van der Waals surface area contributed by atoms with Crippen molar-refractivity contribution in [3.05, 3.63) is 72.1 Å². The number of carbonyl (C=O) groups is 3. The number of nitrogen functional groups attached to an aromatic ring is 1. The molecule has 41 heavy (non-hydrogen) atoms. The molecule has 218 valence electrons. The number of unbranched alkanes of at least 4 members (excludes halogenated alkanes) is 2. The molecule has 10 nitrogen and oxygen atoms in total. The largest absolute Gasteiger partial charge is 0.459 e. The standard InChI is InChI=1S/C31H38N4O6/c1-21(37)35-20-24(23-10-2-5-13-27(23)35)22-18-28(41-30(19-22)40-17-9-8-16-36)31(39)33-15-7-6-14-29(38)34-26-12-4-3-11-25(26)32/h2-5,10-13,18,20,22,30,36H,6-9,14-17,19,32H2,1H3,(H,33,39)(H,34,38)/t22-,30+/m1/s1. The van der Waals surface area contributed by atoms with E-state index in [4.69, 9.17) is 20.3 Å². The molecule has 1 aliphatic heterocycles. The van der Waals surface area contributed by atoms with Crippen LogP contribution in [-0.2, 0) is 19.1 Å². The first-order valence-electron chi connectivity index (χ1n) is 14.0. The van der Waals surface area contributed by atoms with Crippen molar-refractivity contribution in [3.8, 4) is 0 Å². The number of aliphatic hydroxyl groups is 1. The molecule has 10 heteroatoms. The fourth-order valence-electron chi connectivity index (χ4n) is 4.85. The molecule has 2 aromatic carbocycles. The number of hydrogen-bond donors (Lipinski definition) is 4. The first-order chi connectivity index (χ1) is 19.9. The van der Waals surface area contributed by atoms with Gasteiger partial charge in [-0.2, -0.15) is 0 Å². The average molecular weight is 563 g/mol. The number of nitrogens with one attached hydrogen (secondary N) is 2. The summed E-state index contributed by atoms with van der Waals surface area (Å²) >= 11 is 0. The normalized spacial score (nSPS) is 16.6. The summed E-state index contributed by atoms with van der Waals surface area (Å²) in [7, 11) is 0. The summed E-state index contributed by atoms with van der Waals surface area (Å²) in [4.78, 5) is 37.6. The molecule has 2 amide bonds. The predicted octanol–water partition coefficient (Wildman–Crippen LogP) is 4.31. The number of allylic oxidation sites excluding steroid dienone is 1. The number of para-hydroxylation sites is 3. The Kier molecular flexibility index (Phi) is 10.5. The van der Waals surface area contributed by atoms with Crippen LogP contribution in [0.5, 0.6) is 0 Å². The molecule has 5 N–H and O–H groups in total. The highest BCUT2D eigenvalue weighted by atomic mass is 16.7. The van der Waals surface area contributed by atoms with Gasteiger partial charge in [-0.3, -0.25) is 19.0 Å². The number of aromatic nitrogens is 1. The van der Waals surface area contributed by atoms with Crippen LogP contribution in [0.1, 0.15) is 61.7 Å². The highest BCUT2D eigenvalue weighted by molar-refractivity contribution is 5.95. The van der Waals surface area contributed by atoms with Gasteiger partial charge in [-0.15, -0.1) is 0 Å². The van der Waals surface area contributed by atoms with E-state index in [2.05, 4.69) is 10.6 Å². The van der Waals surface area contributed by atoms with Crippen LogP contribution in [0.3, 0.4) is 0 Å². The summed E-state index contributed by atoms with van der Waals surface area (Å²) in [5.74, 6) is -0.659. The molecule has 4 rings (SSSR count). The number of hydrogen-bond acceptors (Lipinski definition) is 7. The lowest BCUT2D eigenvalue weighted by Crippen LogP contribution is -2.33. The van der Waals surface area contributed by atoms with E-state index < -0.39 is 6.29 Å². The van der Waals surface area contributed by atoms with Crippen LogP contribution >= 0.6 is 0 Å². The van der Waals surface area contributed by atoms with Crippen molar-refractivity contribution in [2.24, 2.45) is 0 Å². The van der Waals surface area contributed by atoms with E-state index >= 15 is 0 Å². The third-order valence-corrected chi connectivity index (χ3v) is 6.97. The number of aliphatic hydroxyl groups excluding tert-OH is 1. The van der Waals surface area contributed by atoms with Gasteiger partial charge in [0.05, 0.1) is 23.5 Å². The Bertz CT molecular complexity index is 1400. The fourth-order valence-corrected chi connectivity index (χ4v) is 4.85. The van der Waals surface area contributed by atoms with Gasteiger partial charge in [-0.1, -0.05) is 30.3 Å². The minimum absolute atomic E-state index is 0.0809. The zero-order valence-corrected chi connectivity index (χ0v) is 23.3. The molecule has 0 unspecified atom stereocenters. The highest BCUT2D eigenvalue weighted by Gasteiger charge is 2.30. The van der Waals surface area contributed by atoms with Gasteiger partial charge in [0.2, 0.25) is 18.1 Å². The number of benzene rings is 2. The van der Waals surface area contributed by atoms with Gasteiger partial charge >= 0.3 is 0 Å². The topological polar surface area (TPSA) is 145 Å². The summed E-state index contributed by atoms with van der Waals surface area (Å²) in [5, 5.41) is 15.7. The second-order valence-electron chi connectivity index (χ2n) is 10.1. The summed E-state index contributed by atoms with van der Waals surface area (Å²) in [6.45, 7) is 2.36. The monoisotopic (exact) mass is 562 g/mol. The Hall–Kier alpha value is -4.15. The molecular formula is C31H38N4O6. The summed E-state index contributed by atoms with van der Waals surface area (Å²) in [6.07, 6.45) is 6.20. The number of fused-ring (bicyclic) bond motifs is 1. The number of nitrogens with two attached hydrogens (primary N) is 1. The number of nitrogens with zero attached hydrogens (tertiary/aromatic N) is 1. The van der Waals surface area contributed by atoms with Crippen molar-refractivity contribution in [1.82, 2.24) is 9.88 Å². The number of rotatable bonds is 13. The predicted molar refractivity (Wildman–Crippen MR) is 157 cm³/mol. The molecule has 0 saturated carbocycles. The van der Waals surface area contributed by atoms with E-state index in [1.807, 2.05) is 30.5 Å². The molecular weight excluding hydrogens is 524 g/mol. The van der Waals surface area contributed by atoms with Gasteiger partial charge < -0.3 is 30.9 Å². The van der Waals surface area contributed by atoms with Crippen LogP contribution in [0, 0.1) is 0 Å². The number of carbonyl (C=O) groups excluding carboxylic acids is 3. The molecule has 0 bridgehead atoms. The van der Waals surface area contributed by atoms with Crippen molar-refractivity contribution in [2.45, 2.75) is 57.7 Å². The quantitative estimate of drug-likeness (QED) is 0.179. The lowest BCUT2D eigenvalue weighted by atomic mass is 9.92. The van der Waals surface area contributed by atoms with Crippen LogP contribution in [-0.4, -0.2) is 53.4 Å². The molecule has 1 aliphatic rings. The van der Waals surface area contributed by atoms with E-state index in [0.29, 0.717) is 63.1 Å². The van der Waals surface area contributed by atoms with Gasteiger partial charge in [-0.25, -0.2) is 0 Å². The molecule has 1 aromatic heterocycles. The number of ether oxygens (including phenoxy) is 2. The van der Waals surface area contributed by atoms with Crippen LogP contribution in [0.15, 0.2) is 66.6 Å². The van der Waals surface area contributed by atoms with Crippen molar-refractivity contribution in [1.29, 1.82) is 0 Å². The molecule has 0 spiro atoms. The van der Waals surface area contributed by atoms with Crippen molar-refractivity contribution >= 4 is 40.0 Å². The molecule has 2 atom stereocenters. The van der Waals surface area contributed by atoms with Gasteiger partial charge in [-0.05, 0) is 55.5 Å². The molecule has 0 aliphatic carbocycles. The Morgan fingerprint density at radius 3 is 2.63 bits per heavy atom. The lowest BCUT2D eigenvalue weighted by molar-refractivity contribution is -0.146. The minimum Gasteiger partial charge on any atom is -0.459 e. The second-order valence-corrected chi connectivity index (χ2v) is 10.1. The Morgan fingerprint density at radius 2 is 1.85 bits per heavy atom. The molecule has 0 saturated heterocycles. The van der Waals surface area contributed by atoms with E-state index in [-0.39, 0.29) is 36.0 Å². The molecule has 2 heterocycles. The van der Waals surface area contributed by atoms with Crippen molar-refractivity contribution in [3.63, 3.8) is 0 Å². The zero-order valence-electron chi connectivity index (χ0n) is 23.3. The first-order valence-corrected chi connectivity index (χ1v) is 14.0. The molecule has 0 fully saturated rings. The van der Waals surface area contributed by atoms with Crippen molar-refractivity contribution < 1.29 is 29.0 Å². The number of anilines is 2. The van der Waals surface area contributed by atoms with E-state index in [9.17, 15) is 14.4 Å². The lowest BCUT2D eigenvalue weighted by Gasteiger charge is -2.29. The van der Waals surface area contributed by atoms with E-state index in [1.165, 1.54) is 6.92 Å². The maximum absolute atomic E-state index is 13.1. The van der Waals surface area contributed by atoms with Crippen LogP contribution < -0.4 is 16.4 Å². The Balaban J connectivity index is 1.38. The molecule has 3 aromatic rings. The molecule has 0 radical (unpaired) electrons. The maximum atomic E-state index is 13.1. The highest BCUT2D eigenvalue weighted by Crippen LogP contribution is 2.36. The zero-order chi connectivity index (χ0) is 29.2. The van der Waals surface area contributed by atoms with Gasteiger partial charge in [0, 0.05) is 50.4 Å². The fraction of sp³-hybridized carbons (Fsp3) is 0.387. The third kappa shape index (κ3) is 7.96. The smallest absolute Gasteiger partial charge is 0.286 e. The van der Waals surface area contributed by atoms with Gasteiger partial charge in [0.25, 0.3) is 5.91 Å². The SMILES string of the molecule is CC(=O)n1cc([C@@H]2C=C(C(=O)NCCCCC(=O)Nc3ccccc3N)O[C@H](OCCCCO)C2)c2ccccc21. The Morgan fingerprint density at radius 1 is 1.07 bits per heavy atom. The maximum Gasteiger partial charge on any atom is 0.286 e. The van der Waals surface area contributed by atoms with E-state index in [1.54, 1.807) is 34.9 Å². The summed E-state index contributed by atoms with van der Waals surface area (Å²) < 4.78 is 13.5. The Labute approximate surface area is 239 Å².